The highest BCUT2D eigenvalue weighted by Gasteiger charge is 2.16. The first-order chi connectivity index (χ1) is 10.1. The Hall–Kier alpha value is -2.20. The van der Waals surface area contributed by atoms with Gasteiger partial charge >= 0.3 is 0 Å². The van der Waals surface area contributed by atoms with Gasteiger partial charge in [0, 0.05) is 12.1 Å². The van der Waals surface area contributed by atoms with Crippen molar-refractivity contribution in [1.82, 2.24) is 5.43 Å². The summed E-state index contributed by atoms with van der Waals surface area (Å²) in [5, 5.41) is 2.22. The Morgan fingerprint density at radius 3 is 2.57 bits per heavy atom. The van der Waals surface area contributed by atoms with E-state index in [1.165, 1.54) is 0 Å². The van der Waals surface area contributed by atoms with E-state index in [1.807, 2.05) is 30.3 Å². The fraction of sp³-hybridized carbons (Fsp3) is 0.188. The van der Waals surface area contributed by atoms with Crippen molar-refractivity contribution in [3.05, 3.63) is 59.6 Å². The van der Waals surface area contributed by atoms with Crippen LogP contribution < -0.4 is 15.2 Å². The van der Waals surface area contributed by atoms with E-state index in [2.05, 4.69) is 5.43 Å². The molecule has 2 rings (SSSR count). The number of anilines is 1. The Bertz CT molecular complexity index is 604. The number of nitrogens with one attached hydrogen (secondary N) is 1. The Kier molecular flexibility index (Phi) is 5.06. The van der Waals surface area contributed by atoms with Crippen molar-refractivity contribution in [3.63, 3.8) is 0 Å². The van der Waals surface area contributed by atoms with Gasteiger partial charge in [-0.25, -0.2) is 0 Å². The van der Waals surface area contributed by atoms with Gasteiger partial charge in [0.15, 0.2) is 6.10 Å². The molecule has 2 aromatic carbocycles. The summed E-state index contributed by atoms with van der Waals surface area (Å²) in [6.07, 6.45) is -0.630. The number of rotatable bonds is 5. The molecule has 0 heterocycles. The Morgan fingerprint density at radius 2 is 1.90 bits per heavy atom. The number of ether oxygens (including phenoxy) is 1. The van der Waals surface area contributed by atoms with Crippen LogP contribution in [0.1, 0.15) is 6.92 Å². The van der Waals surface area contributed by atoms with Crippen molar-refractivity contribution in [2.75, 3.05) is 12.1 Å². The number of hydrogen-bond acceptors (Lipinski definition) is 3. The summed E-state index contributed by atoms with van der Waals surface area (Å²) in [7, 11) is 1.78. The van der Waals surface area contributed by atoms with Crippen LogP contribution in [0.5, 0.6) is 5.75 Å². The molecule has 0 aliphatic heterocycles. The monoisotopic (exact) mass is 304 g/mol. The van der Waals surface area contributed by atoms with Crippen LogP contribution in [-0.4, -0.2) is 19.1 Å². The van der Waals surface area contributed by atoms with E-state index in [-0.39, 0.29) is 5.91 Å². The van der Waals surface area contributed by atoms with Gasteiger partial charge in [0.1, 0.15) is 5.75 Å². The molecule has 1 N–H and O–H groups in total. The van der Waals surface area contributed by atoms with E-state index in [9.17, 15) is 4.79 Å². The van der Waals surface area contributed by atoms with E-state index < -0.39 is 6.10 Å². The molecule has 0 spiro atoms. The first kappa shape index (κ1) is 15.2. The summed E-state index contributed by atoms with van der Waals surface area (Å²) >= 11 is 5.88. The predicted octanol–water partition coefficient (Wildman–Crippen LogP) is 3.27. The third-order valence-corrected chi connectivity index (χ3v) is 3.13. The molecular formula is C16H17ClN2O2. The number of amides is 1. The summed E-state index contributed by atoms with van der Waals surface area (Å²) in [6.45, 7) is 1.69. The number of carbonyl (C=O) groups excluding carboxylic acids is 1. The second kappa shape index (κ2) is 6.99. The highest BCUT2D eigenvalue weighted by molar-refractivity contribution is 6.30. The summed E-state index contributed by atoms with van der Waals surface area (Å²) in [5.41, 5.74) is 3.66. The average Bonchev–Trinajstić information content (AvgIpc) is 2.48. The molecule has 21 heavy (non-hydrogen) atoms. The molecule has 110 valence electrons. The van der Waals surface area contributed by atoms with Crippen LogP contribution in [0.25, 0.3) is 0 Å². The largest absolute Gasteiger partial charge is 0.481 e. The van der Waals surface area contributed by atoms with Crippen molar-refractivity contribution >= 4 is 23.2 Å². The smallest absolute Gasteiger partial charge is 0.279 e. The molecule has 0 bridgehead atoms. The first-order valence-corrected chi connectivity index (χ1v) is 6.95. The predicted molar refractivity (Wildman–Crippen MR) is 84.5 cm³/mol. The number of hydrogen-bond donors (Lipinski definition) is 1. The molecule has 0 saturated carbocycles. The topological polar surface area (TPSA) is 41.6 Å². The number of benzene rings is 2. The lowest BCUT2D eigenvalue weighted by Gasteiger charge is -2.23. The zero-order valence-electron chi connectivity index (χ0n) is 11.9. The maximum absolute atomic E-state index is 12.1. The highest BCUT2D eigenvalue weighted by atomic mass is 35.5. The van der Waals surface area contributed by atoms with E-state index >= 15 is 0 Å². The summed E-state index contributed by atoms with van der Waals surface area (Å²) in [5.74, 6) is 0.328. The van der Waals surface area contributed by atoms with Gasteiger partial charge in [-0.1, -0.05) is 35.9 Å². The molecule has 0 fully saturated rings. The van der Waals surface area contributed by atoms with Gasteiger partial charge in [0.25, 0.3) is 5.91 Å². The van der Waals surface area contributed by atoms with Gasteiger partial charge in [-0.2, -0.15) is 0 Å². The van der Waals surface area contributed by atoms with Crippen molar-refractivity contribution in [1.29, 1.82) is 0 Å². The van der Waals surface area contributed by atoms with Crippen LogP contribution in [0.3, 0.4) is 0 Å². The minimum absolute atomic E-state index is 0.235. The fourth-order valence-electron chi connectivity index (χ4n) is 1.77. The molecule has 0 aliphatic carbocycles. The lowest BCUT2D eigenvalue weighted by molar-refractivity contribution is -0.127. The molecular weight excluding hydrogens is 288 g/mol. The van der Waals surface area contributed by atoms with E-state index in [1.54, 1.807) is 43.2 Å². The number of hydrazine groups is 1. The van der Waals surface area contributed by atoms with Crippen molar-refractivity contribution in [2.45, 2.75) is 13.0 Å². The zero-order valence-corrected chi connectivity index (χ0v) is 12.7. The van der Waals surface area contributed by atoms with Crippen molar-refractivity contribution in [3.8, 4) is 5.75 Å². The lowest BCUT2D eigenvalue weighted by atomic mass is 10.3. The standard InChI is InChI=1S/C16H17ClN2O2/c1-12(21-15-10-6-7-13(17)11-15)16(20)18-19(2)14-8-4-3-5-9-14/h3-12H,1-2H3,(H,18,20). The maximum atomic E-state index is 12.1. The van der Waals surface area contributed by atoms with Gasteiger partial charge in [-0.3, -0.25) is 15.2 Å². The zero-order chi connectivity index (χ0) is 15.2. The average molecular weight is 305 g/mol. The van der Waals surface area contributed by atoms with Gasteiger partial charge in [-0.15, -0.1) is 0 Å². The van der Waals surface area contributed by atoms with Gasteiger partial charge in [0.05, 0.1) is 5.69 Å². The number of para-hydroxylation sites is 1. The maximum Gasteiger partial charge on any atom is 0.279 e. The normalized spacial score (nSPS) is 11.6. The summed E-state index contributed by atoms with van der Waals surface area (Å²) in [6, 6.07) is 16.5. The summed E-state index contributed by atoms with van der Waals surface area (Å²) < 4.78 is 5.57. The lowest BCUT2D eigenvalue weighted by Crippen LogP contribution is -2.45. The second-order valence-electron chi connectivity index (χ2n) is 4.59. The fourth-order valence-corrected chi connectivity index (χ4v) is 1.95. The minimum atomic E-state index is -0.630. The van der Waals surface area contributed by atoms with Crippen molar-refractivity contribution in [2.24, 2.45) is 0 Å². The molecule has 1 amide bonds. The van der Waals surface area contributed by atoms with Crippen LogP contribution in [0, 0.1) is 0 Å². The molecule has 0 radical (unpaired) electrons. The van der Waals surface area contributed by atoms with Crippen LogP contribution in [0.4, 0.5) is 5.69 Å². The van der Waals surface area contributed by atoms with Crippen LogP contribution in [-0.2, 0) is 4.79 Å². The molecule has 5 heteroatoms. The molecule has 1 atom stereocenters. The SMILES string of the molecule is CC(Oc1cccc(Cl)c1)C(=O)NN(C)c1ccccc1. The molecule has 1 unspecified atom stereocenters. The quantitative estimate of drug-likeness (QED) is 0.862. The molecule has 0 saturated heterocycles. The summed E-state index contributed by atoms with van der Waals surface area (Å²) in [4.78, 5) is 12.1. The number of nitrogens with zero attached hydrogens (tertiary/aromatic N) is 1. The third kappa shape index (κ3) is 4.39. The second-order valence-corrected chi connectivity index (χ2v) is 5.02. The molecule has 0 aliphatic rings. The van der Waals surface area contributed by atoms with E-state index in [0.717, 1.165) is 5.69 Å². The molecule has 4 nitrogen and oxygen atoms in total. The molecule has 2 aromatic rings. The third-order valence-electron chi connectivity index (χ3n) is 2.90. The molecule has 0 aromatic heterocycles. The van der Waals surface area contributed by atoms with Crippen LogP contribution in [0.15, 0.2) is 54.6 Å². The first-order valence-electron chi connectivity index (χ1n) is 6.58. The van der Waals surface area contributed by atoms with Crippen LogP contribution in [0.2, 0.25) is 5.02 Å². The Morgan fingerprint density at radius 1 is 1.19 bits per heavy atom. The Balaban J connectivity index is 1.94. The minimum Gasteiger partial charge on any atom is -0.481 e. The van der Waals surface area contributed by atoms with Gasteiger partial charge in [-0.05, 0) is 37.3 Å². The number of carbonyl (C=O) groups is 1. The van der Waals surface area contributed by atoms with Gasteiger partial charge < -0.3 is 4.74 Å². The Labute approximate surface area is 129 Å². The van der Waals surface area contributed by atoms with E-state index in [0.29, 0.717) is 10.8 Å². The van der Waals surface area contributed by atoms with Crippen LogP contribution >= 0.6 is 11.6 Å². The highest BCUT2D eigenvalue weighted by Crippen LogP contribution is 2.18. The van der Waals surface area contributed by atoms with Crippen molar-refractivity contribution < 1.29 is 9.53 Å². The van der Waals surface area contributed by atoms with E-state index in [4.69, 9.17) is 16.3 Å². The van der Waals surface area contributed by atoms with Gasteiger partial charge in [0.2, 0.25) is 0 Å². The number of halogens is 1.